The fourth-order valence-corrected chi connectivity index (χ4v) is 3.17. The van der Waals surface area contributed by atoms with E-state index in [1.54, 1.807) is 11.3 Å². The summed E-state index contributed by atoms with van der Waals surface area (Å²) in [7, 11) is 0. The molecule has 162 valence electrons. The van der Waals surface area contributed by atoms with Crippen molar-refractivity contribution in [3.8, 4) is 0 Å². The van der Waals surface area contributed by atoms with Gasteiger partial charge in [-0.25, -0.2) is 15.0 Å². The zero-order chi connectivity index (χ0) is 20.6. The van der Waals surface area contributed by atoms with Gasteiger partial charge in [-0.1, -0.05) is 13.8 Å². The minimum atomic E-state index is -4.44. The quantitative estimate of drug-likeness (QED) is 0.199. The van der Waals surface area contributed by atoms with Gasteiger partial charge in [0, 0.05) is 31.2 Å². The van der Waals surface area contributed by atoms with Crippen LogP contribution in [0.15, 0.2) is 28.7 Å². The molecule has 0 radical (unpaired) electrons. The van der Waals surface area contributed by atoms with Gasteiger partial charge in [-0.3, -0.25) is 0 Å². The number of guanidine groups is 1. The van der Waals surface area contributed by atoms with Gasteiger partial charge in [0.25, 0.3) is 0 Å². The van der Waals surface area contributed by atoms with Gasteiger partial charge in [-0.2, -0.15) is 13.2 Å². The number of nitrogens with one attached hydrogen (secondary N) is 3. The maximum atomic E-state index is 13.0. The Balaban J connectivity index is 0.00000420. The van der Waals surface area contributed by atoms with E-state index in [0.29, 0.717) is 31.5 Å². The first-order chi connectivity index (χ1) is 13.3. The van der Waals surface area contributed by atoms with Crippen molar-refractivity contribution < 1.29 is 13.2 Å². The van der Waals surface area contributed by atoms with E-state index in [9.17, 15) is 13.2 Å². The molecule has 3 N–H and O–H groups in total. The van der Waals surface area contributed by atoms with Crippen LogP contribution in [0.5, 0.6) is 0 Å². The van der Waals surface area contributed by atoms with Gasteiger partial charge < -0.3 is 16.0 Å². The first-order valence-electron chi connectivity index (χ1n) is 9.03. The van der Waals surface area contributed by atoms with Crippen LogP contribution in [0, 0.1) is 0 Å². The second kappa shape index (κ2) is 12.2. The first kappa shape index (κ1) is 25.4. The fraction of sp³-hybridized carbons (Fsp3) is 0.500. The molecule has 29 heavy (non-hydrogen) atoms. The van der Waals surface area contributed by atoms with E-state index in [-0.39, 0.29) is 36.3 Å². The third-order valence-corrected chi connectivity index (χ3v) is 4.55. The Labute approximate surface area is 189 Å². The second-order valence-corrected chi connectivity index (χ2v) is 7.21. The van der Waals surface area contributed by atoms with Crippen molar-refractivity contribution in [1.29, 1.82) is 0 Å². The van der Waals surface area contributed by atoms with Crippen LogP contribution in [-0.4, -0.2) is 35.6 Å². The van der Waals surface area contributed by atoms with Crippen LogP contribution < -0.4 is 16.0 Å². The summed E-state index contributed by atoms with van der Waals surface area (Å²) in [6.07, 6.45) is -3.11. The number of anilines is 1. The summed E-state index contributed by atoms with van der Waals surface area (Å²) < 4.78 is 38.9. The Bertz CT molecular complexity index is 779. The summed E-state index contributed by atoms with van der Waals surface area (Å²) in [5.74, 6) is 0.782. The summed E-state index contributed by atoms with van der Waals surface area (Å²) in [5.41, 5.74) is 0.272. The average Bonchev–Trinajstić information content (AvgIpc) is 3.12. The molecule has 0 aromatic carbocycles. The summed E-state index contributed by atoms with van der Waals surface area (Å²) in [5, 5.41) is 11.9. The molecule has 0 unspecified atom stereocenters. The fourth-order valence-electron chi connectivity index (χ4n) is 2.29. The van der Waals surface area contributed by atoms with Gasteiger partial charge in [-0.05, 0) is 25.0 Å². The zero-order valence-electron chi connectivity index (χ0n) is 16.5. The molecule has 2 aromatic heterocycles. The molecule has 0 aliphatic heterocycles. The van der Waals surface area contributed by atoms with Crippen molar-refractivity contribution in [3.05, 3.63) is 40.0 Å². The second-order valence-electron chi connectivity index (χ2n) is 6.27. The highest BCUT2D eigenvalue weighted by molar-refractivity contribution is 14.0. The summed E-state index contributed by atoms with van der Waals surface area (Å²) in [6, 6.07) is 2.28. The predicted molar refractivity (Wildman–Crippen MR) is 122 cm³/mol. The first-order valence-corrected chi connectivity index (χ1v) is 9.91. The van der Waals surface area contributed by atoms with E-state index < -0.39 is 11.7 Å². The van der Waals surface area contributed by atoms with Gasteiger partial charge in [0.2, 0.25) is 0 Å². The standard InChI is InChI=1S/C18H25F3N6S.HI/c1-4-22-17(26-10-15-27-14(11-28-15)12(2)3)25-9-8-24-16-13(18(19,20)21)6-5-7-23-16;/h5-7,11-12H,4,8-10H2,1-3H3,(H,23,24)(H2,22,25,26);1H. The summed E-state index contributed by atoms with van der Waals surface area (Å²) >= 11 is 1.57. The lowest BCUT2D eigenvalue weighted by molar-refractivity contribution is -0.137. The monoisotopic (exact) mass is 542 g/mol. The summed E-state index contributed by atoms with van der Waals surface area (Å²) in [4.78, 5) is 12.8. The van der Waals surface area contributed by atoms with Crippen LogP contribution in [0.3, 0.4) is 0 Å². The molecule has 2 aromatic rings. The highest BCUT2D eigenvalue weighted by atomic mass is 127. The third-order valence-electron chi connectivity index (χ3n) is 3.70. The molecule has 0 bridgehead atoms. The van der Waals surface area contributed by atoms with Gasteiger partial charge in [0.15, 0.2) is 5.96 Å². The molecule has 0 saturated heterocycles. The maximum absolute atomic E-state index is 13.0. The van der Waals surface area contributed by atoms with E-state index in [2.05, 4.69) is 44.8 Å². The molecule has 0 fully saturated rings. The predicted octanol–water partition coefficient (Wildman–Crippen LogP) is 4.47. The van der Waals surface area contributed by atoms with E-state index in [4.69, 9.17) is 0 Å². The Morgan fingerprint density at radius 3 is 2.62 bits per heavy atom. The average molecular weight is 542 g/mol. The zero-order valence-corrected chi connectivity index (χ0v) is 19.7. The Kier molecular flexibility index (Phi) is 10.6. The van der Waals surface area contributed by atoms with E-state index in [0.717, 1.165) is 16.8 Å². The van der Waals surface area contributed by atoms with Crippen molar-refractivity contribution in [2.75, 3.05) is 25.0 Å². The Morgan fingerprint density at radius 1 is 1.24 bits per heavy atom. The topological polar surface area (TPSA) is 74.2 Å². The normalized spacial score (nSPS) is 11.9. The molecule has 2 rings (SSSR count). The molecule has 11 heteroatoms. The number of alkyl halides is 3. The van der Waals surface area contributed by atoms with Crippen LogP contribution >= 0.6 is 35.3 Å². The van der Waals surface area contributed by atoms with Crippen LogP contribution in [0.25, 0.3) is 0 Å². The van der Waals surface area contributed by atoms with Gasteiger partial charge >= 0.3 is 6.18 Å². The number of hydrogen-bond acceptors (Lipinski definition) is 5. The van der Waals surface area contributed by atoms with Crippen molar-refractivity contribution in [2.24, 2.45) is 4.99 Å². The number of halogens is 4. The van der Waals surface area contributed by atoms with Gasteiger partial charge in [0.1, 0.15) is 10.8 Å². The van der Waals surface area contributed by atoms with Crippen LogP contribution in [-0.2, 0) is 12.7 Å². The third kappa shape index (κ3) is 8.33. The van der Waals surface area contributed by atoms with Crippen molar-refractivity contribution in [2.45, 2.75) is 39.4 Å². The van der Waals surface area contributed by atoms with E-state index in [1.807, 2.05) is 12.3 Å². The number of pyridine rings is 1. The lowest BCUT2D eigenvalue weighted by Crippen LogP contribution is -2.39. The SMILES string of the molecule is CCNC(=NCc1nc(C(C)C)cs1)NCCNc1ncccc1C(F)(F)F.I. The highest BCUT2D eigenvalue weighted by Gasteiger charge is 2.33. The molecule has 6 nitrogen and oxygen atoms in total. The largest absolute Gasteiger partial charge is 0.419 e. The lowest BCUT2D eigenvalue weighted by Gasteiger charge is -2.14. The van der Waals surface area contributed by atoms with Crippen molar-refractivity contribution in [1.82, 2.24) is 20.6 Å². The molecule has 0 saturated carbocycles. The van der Waals surface area contributed by atoms with Gasteiger partial charge in [0.05, 0.1) is 17.8 Å². The van der Waals surface area contributed by atoms with Crippen LogP contribution in [0.1, 0.15) is 43.0 Å². The Morgan fingerprint density at radius 2 is 2.00 bits per heavy atom. The highest BCUT2D eigenvalue weighted by Crippen LogP contribution is 2.33. The van der Waals surface area contributed by atoms with E-state index in [1.165, 1.54) is 12.3 Å². The molecular formula is C18H26F3IN6S. The maximum Gasteiger partial charge on any atom is 0.419 e. The van der Waals surface area contributed by atoms with Crippen molar-refractivity contribution in [3.63, 3.8) is 0 Å². The smallest absolute Gasteiger partial charge is 0.368 e. The minimum absolute atomic E-state index is 0. The van der Waals surface area contributed by atoms with Crippen LogP contribution in [0.2, 0.25) is 0 Å². The van der Waals surface area contributed by atoms with Crippen molar-refractivity contribution >= 4 is 47.1 Å². The molecule has 0 aliphatic rings. The lowest BCUT2D eigenvalue weighted by atomic mass is 10.2. The number of aromatic nitrogens is 2. The van der Waals surface area contributed by atoms with E-state index >= 15 is 0 Å². The van der Waals surface area contributed by atoms with Crippen LogP contribution in [0.4, 0.5) is 19.0 Å². The number of thiazole rings is 1. The molecule has 2 heterocycles. The molecule has 0 spiro atoms. The number of aliphatic imine (C=N–C) groups is 1. The Hall–Kier alpha value is -1.63. The molecular weight excluding hydrogens is 516 g/mol. The number of nitrogens with zero attached hydrogens (tertiary/aromatic N) is 3. The van der Waals surface area contributed by atoms with Gasteiger partial charge in [-0.15, -0.1) is 35.3 Å². The molecule has 0 aliphatic carbocycles. The summed E-state index contributed by atoms with van der Waals surface area (Å²) in [6.45, 7) is 7.89. The number of rotatable bonds is 8. The molecule has 0 atom stereocenters. The number of hydrogen-bond donors (Lipinski definition) is 3. The molecule has 0 amide bonds. The minimum Gasteiger partial charge on any atom is -0.368 e.